The number of amides is 2. The molecule has 2 heterocycles. The third-order valence-corrected chi connectivity index (χ3v) is 6.69. The number of ether oxygens (including phenoxy) is 6. The van der Waals surface area contributed by atoms with Crippen molar-refractivity contribution in [1.82, 2.24) is 15.5 Å². The molecule has 12 heteroatoms. The average Bonchev–Trinajstić information content (AvgIpc) is 3.43. The summed E-state index contributed by atoms with van der Waals surface area (Å²) in [5, 5.41) is 5.66. The minimum atomic E-state index is -0.303. The first-order valence-corrected chi connectivity index (χ1v) is 14.2. The van der Waals surface area contributed by atoms with E-state index in [1.807, 2.05) is 7.05 Å². The summed E-state index contributed by atoms with van der Waals surface area (Å²) in [7, 11) is 1.98. The topological polar surface area (TPSA) is 117 Å². The largest absolute Gasteiger partial charge is 0.454 e. The van der Waals surface area contributed by atoms with Gasteiger partial charge in [0.25, 0.3) is 0 Å². The Morgan fingerprint density at radius 1 is 0.951 bits per heavy atom. The minimum Gasteiger partial charge on any atom is -0.454 e. The highest BCUT2D eigenvalue weighted by Gasteiger charge is 2.32. The van der Waals surface area contributed by atoms with Crippen LogP contribution in [0, 0.1) is 17.7 Å². The summed E-state index contributed by atoms with van der Waals surface area (Å²) >= 11 is 0. The van der Waals surface area contributed by atoms with Crippen molar-refractivity contribution in [1.29, 1.82) is 0 Å². The van der Waals surface area contributed by atoms with Gasteiger partial charge in [-0.05, 0) is 50.9 Å². The Bertz CT molecular complexity index is 980. The average molecular weight is 582 g/mol. The quantitative estimate of drug-likeness (QED) is 0.185. The van der Waals surface area contributed by atoms with E-state index in [9.17, 15) is 14.0 Å². The Morgan fingerprint density at radius 2 is 1.59 bits per heavy atom. The van der Waals surface area contributed by atoms with Gasteiger partial charge >= 0.3 is 0 Å². The molecule has 1 aromatic rings. The van der Waals surface area contributed by atoms with Gasteiger partial charge in [-0.3, -0.25) is 9.59 Å². The van der Waals surface area contributed by atoms with E-state index in [4.69, 9.17) is 28.4 Å². The summed E-state index contributed by atoms with van der Waals surface area (Å²) < 4.78 is 47.3. The van der Waals surface area contributed by atoms with Gasteiger partial charge in [0, 0.05) is 31.7 Å². The smallest absolute Gasteiger partial charge is 0.243 e. The van der Waals surface area contributed by atoms with Crippen LogP contribution < -0.4 is 20.1 Å². The molecular formula is C29H44FN3O8. The molecule has 0 radical (unpaired) electrons. The van der Waals surface area contributed by atoms with Crippen molar-refractivity contribution < 1.29 is 42.4 Å². The normalized spacial score (nSPS) is 18.6. The molecule has 1 fully saturated rings. The van der Waals surface area contributed by atoms with Crippen LogP contribution in [0.5, 0.6) is 11.5 Å². The van der Waals surface area contributed by atoms with Gasteiger partial charge in [-0.1, -0.05) is 6.08 Å². The number of carbonyl (C=O) groups excluding carboxylic acids is 2. The number of fused-ring (bicyclic) bond motifs is 1. The molecular weight excluding hydrogens is 537 g/mol. The van der Waals surface area contributed by atoms with E-state index >= 15 is 0 Å². The lowest BCUT2D eigenvalue weighted by atomic mass is 9.84. The molecule has 0 spiro atoms. The monoisotopic (exact) mass is 581 g/mol. The second-order valence-corrected chi connectivity index (χ2v) is 10.0. The number of halogens is 1. The Labute approximate surface area is 241 Å². The number of allylic oxidation sites excluding steroid dienone is 1. The summed E-state index contributed by atoms with van der Waals surface area (Å²) in [4.78, 5) is 26.2. The van der Waals surface area contributed by atoms with Gasteiger partial charge in [0.05, 0.1) is 58.8 Å². The summed E-state index contributed by atoms with van der Waals surface area (Å²) in [5.41, 5.74) is 0.523. The maximum absolute atomic E-state index is 14.5. The van der Waals surface area contributed by atoms with Crippen LogP contribution in [0.15, 0.2) is 24.3 Å². The number of nitrogens with one attached hydrogen (secondary N) is 2. The van der Waals surface area contributed by atoms with E-state index in [-0.39, 0.29) is 36.3 Å². The molecule has 1 saturated heterocycles. The molecule has 0 aliphatic carbocycles. The predicted molar refractivity (Wildman–Crippen MR) is 149 cm³/mol. The fraction of sp³-hybridized carbons (Fsp3) is 0.655. The zero-order valence-electron chi connectivity index (χ0n) is 24.2. The number of hydrogen-bond donors (Lipinski definition) is 2. The fourth-order valence-corrected chi connectivity index (χ4v) is 4.87. The minimum absolute atomic E-state index is 0.0146. The molecule has 2 N–H and O–H groups in total. The molecule has 11 nitrogen and oxygen atoms in total. The SMILES string of the molecule is C/C=C/C(=O)NCCOCCOCCOCCOCCNC(=O)[C@H]1C[C@@H](Cc2c(F)ccc3c2OCO3)CN(C)C1. The van der Waals surface area contributed by atoms with Crippen molar-refractivity contribution in [2.75, 3.05) is 92.9 Å². The highest BCUT2D eigenvalue weighted by molar-refractivity contribution is 5.87. The second kappa shape index (κ2) is 18.6. The van der Waals surface area contributed by atoms with Crippen LogP contribution in [0.4, 0.5) is 4.39 Å². The number of nitrogens with zero attached hydrogens (tertiary/aromatic N) is 1. The van der Waals surface area contributed by atoms with Crippen LogP contribution in [0.25, 0.3) is 0 Å². The number of rotatable bonds is 19. The van der Waals surface area contributed by atoms with E-state index in [1.165, 1.54) is 12.1 Å². The van der Waals surface area contributed by atoms with Crippen LogP contribution in [0.1, 0.15) is 18.9 Å². The van der Waals surface area contributed by atoms with E-state index in [0.29, 0.717) is 102 Å². The molecule has 3 rings (SSSR count). The van der Waals surface area contributed by atoms with Gasteiger partial charge in [-0.2, -0.15) is 0 Å². The third kappa shape index (κ3) is 11.9. The zero-order chi connectivity index (χ0) is 29.3. The fourth-order valence-electron chi connectivity index (χ4n) is 4.87. The Balaban J connectivity index is 1.17. The van der Waals surface area contributed by atoms with Crippen molar-refractivity contribution in [3.8, 4) is 11.5 Å². The standard InChI is InChI=1S/C29H44FN3O8/c1-3-4-27(34)31-7-9-36-11-13-38-15-16-39-14-12-37-10-8-32-29(35)23-17-22(19-33(2)20-23)18-24-25(30)5-6-26-28(24)41-21-40-26/h3-6,22-23H,7-21H2,1-2H3,(H,31,34)(H,32,35)/b4-3+/t22-,23-/m0/s1. The molecule has 0 bridgehead atoms. The van der Waals surface area contributed by atoms with Gasteiger partial charge < -0.3 is 44.0 Å². The first-order chi connectivity index (χ1) is 20.0. The molecule has 2 atom stereocenters. The second-order valence-electron chi connectivity index (χ2n) is 10.0. The molecule has 2 amide bonds. The van der Waals surface area contributed by atoms with E-state index in [0.717, 1.165) is 6.54 Å². The van der Waals surface area contributed by atoms with E-state index in [1.54, 1.807) is 19.1 Å². The predicted octanol–water partition coefficient (Wildman–Crippen LogP) is 1.54. The highest BCUT2D eigenvalue weighted by Crippen LogP contribution is 2.39. The first kappa shape index (κ1) is 32.7. The molecule has 1 aromatic carbocycles. The molecule has 0 saturated carbocycles. The van der Waals surface area contributed by atoms with Crippen LogP contribution in [-0.2, 0) is 35.0 Å². The third-order valence-electron chi connectivity index (χ3n) is 6.69. The highest BCUT2D eigenvalue weighted by atomic mass is 19.1. The molecule has 230 valence electrons. The molecule has 2 aliphatic heterocycles. The van der Waals surface area contributed by atoms with Gasteiger partial charge in [-0.15, -0.1) is 0 Å². The molecule has 0 unspecified atom stereocenters. The lowest BCUT2D eigenvalue weighted by Crippen LogP contribution is -2.46. The van der Waals surface area contributed by atoms with Crippen LogP contribution in [0.2, 0.25) is 0 Å². The number of hydrogen-bond acceptors (Lipinski definition) is 9. The van der Waals surface area contributed by atoms with E-state index < -0.39 is 0 Å². The summed E-state index contributed by atoms with van der Waals surface area (Å²) in [6.45, 7) is 7.69. The van der Waals surface area contributed by atoms with Crippen molar-refractivity contribution in [3.05, 3.63) is 35.7 Å². The van der Waals surface area contributed by atoms with Crippen molar-refractivity contribution in [2.24, 2.45) is 11.8 Å². The van der Waals surface area contributed by atoms with Gasteiger partial charge in [-0.25, -0.2) is 4.39 Å². The molecule has 0 aromatic heterocycles. The van der Waals surface area contributed by atoms with Crippen molar-refractivity contribution in [2.45, 2.75) is 19.8 Å². The lowest BCUT2D eigenvalue weighted by Gasteiger charge is -2.35. The van der Waals surface area contributed by atoms with Crippen molar-refractivity contribution >= 4 is 11.8 Å². The number of carbonyl (C=O) groups is 2. The van der Waals surface area contributed by atoms with Gasteiger partial charge in [0.2, 0.25) is 18.6 Å². The Kier molecular flexibility index (Phi) is 14.9. The van der Waals surface area contributed by atoms with Gasteiger partial charge in [0.15, 0.2) is 11.5 Å². The number of piperidine rings is 1. The maximum Gasteiger partial charge on any atom is 0.243 e. The Hall–Kier alpha value is -2.77. The number of benzene rings is 1. The Morgan fingerprint density at radius 3 is 2.24 bits per heavy atom. The summed E-state index contributed by atoms with van der Waals surface area (Å²) in [6.07, 6.45) is 4.32. The summed E-state index contributed by atoms with van der Waals surface area (Å²) in [5.74, 6) is 0.560. The maximum atomic E-state index is 14.5. The van der Waals surface area contributed by atoms with Crippen molar-refractivity contribution in [3.63, 3.8) is 0 Å². The number of likely N-dealkylation sites (tertiary alicyclic amines) is 1. The zero-order valence-corrected chi connectivity index (χ0v) is 24.2. The first-order valence-electron chi connectivity index (χ1n) is 14.2. The van der Waals surface area contributed by atoms with Gasteiger partial charge in [0.1, 0.15) is 5.82 Å². The van der Waals surface area contributed by atoms with E-state index in [2.05, 4.69) is 15.5 Å². The molecule has 2 aliphatic rings. The van der Waals surface area contributed by atoms with Crippen LogP contribution in [0.3, 0.4) is 0 Å². The van der Waals surface area contributed by atoms with Crippen LogP contribution in [-0.4, -0.2) is 110 Å². The summed E-state index contributed by atoms with van der Waals surface area (Å²) in [6, 6.07) is 3.00. The van der Waals surface area contributed by atoms with Crippen LogP contribution >= 0.6 is 0 Å². The lowest BCUT2D eigenvalue weighted by molar-refractivity contribution is -0.127. The molecule has 41 heavy (non-hydrogen) atoms.